The van der Waals surface area contributed by atoms with Gasteiger partial charge in [0, 0.05) is 0 Å². The average molecular weight is 609 g/mol. The number of aryl methyl sites for hydroxylation is 1. The van der Waals surface area contributed by atoms with Crippen LogP contribution in [0.5, 0.6) is 0 Å². The molecule has 0 amide bonds. The molecule has 0 saturated carbocycles. The van der Waals surface area contributed by atoms with E-state index >= 15 is 0 Å². The van der Waals surface area contributed by atoms with Gasteiger partial charge in [0.25, 0.3) is 0 Å². The van der Waals surface area contributed by atoms with E-state index in [0.717, 1.165) is 12.8 Å². The number of benzene rings is 3. The summed E-state index contributed by atoms with van der Waals surface area (Å²) < 4.78 is 0. The first-order valence-electron chi connectivity index (χ1n) is 16.7. The standard InChI is InChI=1S/C27H36.C13H17N.C2H6.CH5N/c1-18(2)21(6)14-20(5)15-25-16-26(24-12-10-9-11-13-24)17-27(23(25)8)22(7)19(3)4;1-11(6-5-9-14)10-13-8-4-3-7-12(13)2;2*1-2/h9-14,16-19,22H,6,15H2,1-5,7-8H3;3-9H,10,14H2,1-2H3;1-2H3;2H2,1H3/b20-14+;9-5-,11-6+;;. The van der Waals surface area contributed by atoms with Gasteiger partial charge in [0.2, 0.25) is 0 Å². The molecule has 4 N–H and O–H groups in total. The van der Waals surface area contributed by atoms with Gasteiger partial charge in [-0.15, -0.1) is 0 Å². The largest absolute Gasteiger partial charge is 0.405 e. The number of hydrogen-bond donors (Lipinski definition) is 2. The third-order valence-electron chi connectivity index (χ3n) is 8.02. The van der Waals surface area contributed by atoms with Gasteiger partial charge in [-0.2, -0.15) is 0 Å². The van der Waals surface area contributed by atoms with E-state index in [-0.39, 0.29) is 0 Å². The lowest BCUT2D eigenvalue weighted by atomic mass is 9.82. The van der Waals surface area contributed by atoms with E-state index in [1.165, 1.54) is 62.7 Å². The molecule has 0 aliphatic rings. The summed E-state index contributed by atoms with van der Waals surface area (Å²) in [6.45, 7) is 28.4. The lowest BCUT2D eigenvalue weighted by Gasteiger charge is -2.22. The second-order valence-electron chi connectivity index (χ2n) is 12.1. The van der Waals surface area contributed by atoms with Crippen LogP contribution in [0.15, 0.2) is 114 Å². The van der Waals surface area contributed by atoms with Crippen molar-refractivity contribution < 1.29 is 0 Å². The van der Waals surface area contributed by atoms with Crippen LogP contribution in [-0.4, -0.2) is 7.05 Å². The van der Waals surface area contributed by atoms with Gasteiger partial charge in [-0.3, -0.25) is 0 Å². The Morgan fingerprint density at radius 3 is 1.84 bits per heavy atom. The third kappa shape index (κ3) is 14.8. The van der Waals surface area contributed by atoms with Gasteiger partial charge in [0.15, 0.2) is 0 Å². The van der Waals surface area contributed by atoms with Crippen molar-refractivity contribution in [2.75, 3.05) is 7.05 Å². The molecule has 0 radical (unpaired) electrons. The lowest BCUT2D eigenvalue weighted by Crippen LogP contribution is -2.07. The van der Waals surface area contributed by atoms with Crippen LogP contribution in [0.1, 0.15) is 96.0 Å². The quantitative estimate of drug-likeness (QED) is 0.225. The maximum Gasteiger partial charge on any atom is -0.00624 e. The van der Waals surface area contributed by atoms with Crippen molar-refractivity contribution in [2.45, 2.75) is 94.9 Å². The molecule has 3 aromatic carbocycles. The van der Waals surface area contributed by atoms with Gasteiger partial charge < -0.3 is 11.5 Å². The second kappa shape index (κ2) is 22.8. The Balaban J connectivity index is 0.000000904. The average Bonchev–Trinajstić information content (AvgIpc) is 3.04. The molecule has 0 heterocycles. The number of allylic oxidation sites excluding steroid dienone is 6. The van der Waals surface area contributed by atoms with Crippen molar-refractivity contribution in [1.82, 2.24) is 0 Å². The zero-order chi connectivity index (χ0) is 34.5. The smallest absolute Gasteiger partial charge is 0.00624 e. The summed E-state index contributed by atoms with van der Waals surface area (Å²) in [5.41, 5.74) is 23.4. The Bertz CT molecular complexity index is 1350. The molecule has 0 aliphatic carbocycles. The highest BCUT2D eigenvalue weighted by Crippen LogP contribution is 2.34. The van der Waals surface area contributed by atoms with Crippen molar-refractivity contribution in [3.63, 3.8) is 0 Å². The van der Waals surface area contributed by atoms with Gasteiger partial charge in [-0.25, -0.2) is 0 Å². The van der Waals surface area contributed by atoms with E-state index < -0.39 is 0 Å². The molecule has 246 valence electrons. The van der Waals surface area contributed by atoms with Crippen LogP contribution in [0.2, 0.25) is 0 Å². The summed E-state index contributed by atoms with van der Waals surface area (Å²) in [4.78, 5) is 0. The summed E-state index contributed by atoms with van der Waals surface area (Å²) in [6.07, 6.45) is 9.72. The highest BCUT2D eigenvalue weighted by Gasteiger charge is 2.17. The zero-order valence-electron chi connectivity index (χ0n) is 30.7. The normalized spacial score (nSPS) is 12.1. The summed E-state index contributed by atoms with van der Waals surface area (Å²) in [6, 6.07) is 24.0. The molecule has 0 spiro atoms. The molecule has 2 nitrogen and oxygen atoms in total. The highest BCUT2D eigenvalue weighted by molar-refractivity contribution is 5.67. The minimum absolute atomic E-state index is 0.494. The van der Waals surface area contributed by atoms with Gasteiger partial charge >= 0.3 is 0 Å². The summed E-state index contributed by atoms with van der Waals surface area (Å²) >= 11 is 0. The fourth-order valence-electron chi connectivity index (χ4n) is 4.83. The van der Waals surface area contributed by atoms with E-state index in [2.05, 4.69) is 147 Å². The Morgan fingerprint density at radius 2 is 1.31 bits per heavy atom. The number of hydrogen-bond acceptors (Lipinski definition) is 2. The highest BCUT2D eigenvalue weighted by atomic mass is 14.5. The molecular weight excluding hydrogens is 544 g/mol. The Kier molecular flexibility index (Phi) is 21.0. The van der Waals surface area contributed by atoms with Crippen LogP contribution in [0.4, 0.5) is 0 Å². The predicted molar refractivity (Wildman–Crippen MR) is 205 cm³/mol. The molecule has 1 unspecified atom stereocenters. The first-order chi connectivity index (χ1) is 21.4. The maximum atomic E-state index is 5.27. The van der Waals surface area contributed by atoms with E-state index in [1.807, 2.05) is 26.0 Å². The summed E-state index contributed by atoms with van der Waals surface area (Å²) in [5.74, 6) is 1.66. The third-order valence-corrected chi connectivity index (χ3v) is 8.02. The molecule has 45 heavy (non-hydrogen) atoms. The second-order valence-corrected chi connectivity index (χ2v) is 12.1. The van der Waals surface area contributed by atoms with Crippen molar-refractivity contribution >= 4 is 0 Å². The number of nitrogens with two attached hydrogens (primary N) is 2. The van der Waals surface area contributed by atoms with Gasteiger partial charge in [0.05, 0.1) is 0 Å². The van der Waals surface area contributed by atoms with E-state index in [0.29, 0.717) is 17.8 Å². The zero-order valence-corrected chi connectivity index (χ0v) is 30.7. The first-order valence-corrected chi connectivity index (χ1v) is 16.7. The molecule has 3 aromatic rings. The lowest BCUT2D eigenvalue weighted by molar-refractivity contribution is 0.532. The van der Waals surface area contributed by atoms with Crippen LogP contribution in [0, 0.1) is 25.7 Å². The molecule has 0 fully saturated rings. The van der Waals surface area contributed by atoms with Gasteiger partial charge in [-0.05, 0) is 117 Å². The summed E-state index contributed by atoms with van der Waals surface area (Å²) in [7, 11) is 1.50. The predicted octanol–water partition coefficient (Wildman–Crippen LogP) is 11.7. The molecule has 0 aliphatic heterocycles. The fourth-order valence-corrected chi connectivity index (χ4v) is 4.83. The molecule has 0 aromatic heterocycles. The molecule has 2 heteroatoms. The van der Waals surface area contributed by atoms with Crippen LogP contribution < -0.4 is 11.5 Å². The van der Waals surface area contributed by atoms with Crippen molar-refractivity contribution in [3.05, 3.63) is 142 Å². The van der Waals surface area contributed by atoms with E-state index in [9.17, 15) is 0 Å². The van der Waals surface area contributed by atoms with E-state index in [1.54, 1.807) is 6.20 Å². The minimum atomic E-state index is 0.494. The molecular formula is C43H64N2. The van der Waals surface area contributed by atoms with Crippen molar-refractivity contribution in [3.8, 4) is 11.1 Å². The fraction of sp³-hybridized carbons (Fsp3) is 0.395. The van der Waals surface area contributed by atoms with E-state index in [4.69, 9.17) is 5.73 Å². The minimum Gasteiger partial charge on any atom is -0.405 e. The Morgan fingerprint density at radius 1 is 0.756 bits per heavy atom. The van der Waals surface area contributed by atoms with Crippen LogP contribution >= 0.6 is 0 Å². The topological polar surface area (TPSA) is 52.0 Å². The number of rotatable bonds is 10. The molecule has 0 bridgehead atoms. The molecule has 1 atom stereocenters. The van der Waals surface area contributed by atoms with Crippen LogP contribution in [0.25, 0.3) is 11.1 Å². The SMILES string of the molecule is C/C(=C\C=C/N)Cc1ccccc1C.C=C(/C=C(\C)Cc1cc(-c2ccccc2)cc(C(C)C(C)C)c1C)C(C)C.CC.CN. The van der Waals surface area contributed by atoms with Crippen molar-refractivity contribution in [2.24, 2.45) is 23.3 Å². The monoisotopic (exact) mass is 609 g/mol. The van der Waals surface area contributed by atoms with Crippen LogP contribution in [-0.2, 0) is 12.8 Å². The Hall–Kier alpha value is -3.62. The maximum absolute atomic E-state index is 5.27. The first kappa shape index (κ1) is 41.4. The van der Waals surface area contributed by atoms with Gasteiger partial charge in [0.1, 0.15) is 0 Å². The molecule has 3 rings (SSSR count). The van der Waals surface area contributed by atoms with Crippen LogP contribution in [0.3, 0.4) is 0 Å². The Labute approximate surface area is 278 Å². The summed E-state index contributed by atoms with van der Waals surface area (Å²) in [5, 5.41) is 0. The van der Waals surface area contributed by atoms with Gasteiger partial charge in [-0.1, -0.05) is 151 Å². The van der Waals surface area contributed by atoms with Crippen molar-refractivity contribution in [1.29, 1.82) is 0 Å². The molecule has 0 saturated heterocycles.